The van der Waals surface area contributed by atoms with Crippen LogP contribution in [0.15, 0.2) is 72.8 Å². The van der Waals surface area contributed by atoms with E-state index in [1.807, 2.05) is 55.5 Å². The highest BCUT2D eigenvalue weighted by atomic mass is 16.5. The Morgan fingerprint density at radius 2 is 1.36 bits per heavy atom. The predicted octanol–water partition coefficient (Wildman–Crippen LogP) is 4.60. The van der Waals surface area contributed by atoms with E-state index in [0.29, 0.717) is 5.69 Å². The number of hydrogen-bond acceptors (Lipinski definition) is 1. The van der Waals surface area contributed by atoms with E-state index in [1.165, 1.54) is 0 Å². The lowest BCUT2D eigenvalue weighted by atomic mass is 9.97. The minimum atomic E-state index is 0.710. The molecular weight excluding hydrogens is 270 g/mol. The second kappa shape index (κ2) is 4.85. The van der Waals surface area contributed by atoms with Gasteiger partial charge in [0.1, 0.15) is 0 Å². The van der Waals surface area contributed by atoms with Crippen LogP contribution in [0.2, 0.25) is 0 Å². The number of aryl methyl sites for hydroxylation is 1. The van der Waals surface area contributed by atoms with Gasteiger partial charge in [0.25, 0.3) is 0 Å². The summed E-state index contributed by atoms with van der Waals surface area (Å²) >= 11 is 0. The maximum absolute atomic E-state index is 12.7. The molecule has 0 atom stereocenters. The Morgan fingerprint density at radius 3 is 2.18 bits per heavy atom. The van der Waals surface area contributed by atoms with Gasteiger partial charge in [0.2, 0.25) is 5.69 Å². The summed E-state index contributed by atoms with van der Waals surface area (Å²) in [6, 6.07) is 24.3. The first kappa shape index (κ1) is 12.8. The normalized spacial score (nSPS) is 11.1. The Kier molecular flexibility index (Phi) is 2.83. The van der Waals surface area contributed by atoms with Crippen LogP contribution in [0.25, 0.3) is 32.8 Å². The van der Waals surface area contributed by atoms with Crippen molar-refractivity contribution < 1.29 is 4.73 Å². The molecule has 1 aromatic heterocycles. The molecule has 0 bridgehead atoms. The molecular formula is C20H15NO. The van der Waals surface area contributed by atoms with Crippen molar-refractivity contribution in [3.63, 3.8) is 0 Å². The molecule has 0 saturated heterocycles. The quantitative estimate of drug-likeness (QED) is 0.371. The van der Waals surface area contributed by atoms with Crippen molar-refractivity contribution in [1.82, 2.24) is 0 Å². The summed E-state index contributed by atoms with van der Waals surface area (Å²) in [4.78, 5) is 0. The topological polar surface area (TPSA) is 26.9 Å². The zero-order chi connectivity index (χ0) is 15.1. The first-order valence-electron chi connectivity index (χ1n) is 7.36. The third kappa shape index (κ3) is 1.85. The number of nitrogens with zero attached hydrogens (tertiary/aromatic N) is 1. The summed E-state index contributed by atoms with van der Waals surface area (Å²) in [5.41, 5.74) is 2.42. The van der Waals surface area contributed by atoms with Gasteiger partial charge in [0.15, 0.2) is 5.69 Å². The number of benzene rings is 3. The molecule has 0 aliphatic rings. The van der Waals surface area contributed by atoms with E-state index in [-0.39, 0.29) is 0 Å². The van der Waals surface area contributed by atoms with Crippen LogP contribution in [0.1, 0.15) is 5.69 Å². The standard InChI is InChI=1S/C20H15NO/c1-14-13-16-8-3-5-11-18(16)20(21(14)22)19-12-6-9-15-7-2-4-10-17(15)19/h2-13H,1H3. The van der Waals surface area contributed by atoms with Gasteiger partial charge in [0, 0.05) is 13.0 Å². The number of rotatable bonds is 1. The summed E-state index contributed by atoms with van der Waals surface area (Å²) in [5.74, 6) is 0. The highest BCUT2D eigenvalue weighted by Gasteiger charge is 2.18. The minimum absolute atomic E-state index is 0.710. The van der Waals surface area contributed by atoms with Crippen LogP contribution in [0.3, 0.4) is 0 Å². The first-order chi connectivity index (χ1) is 10.8. The Balaban J connectivity index is 2.19. The van der Waals surface area contributed by atoms with Crippen molar-refractivity contribution in [3.8, 4) is 11.3 Å². The zero-order valence-corrected chi connectivity index (χ0v) is 12.3. The van der Waals surface area contributed by atoms with E-state index in [1.54, 1.807) is 0 Å². The van der Waals surface area contributed by atoms with Gasteiger partial charge in [-0.15, -0.1) is 0 Å². The van der Waals surface area contributed by atoms with Gasteiger partial charge in [-0.2, -0.15) is 4.73 Å². The van der Waals surface area contributed by atoms with Gasteiger partial charge in [-0.25, -0.2) is 0 Å². The average Bonchev–Trinajstić information content (AvgIpc) is 2.56. The van der Waals surface area contributed by atoms with Gasteiger partial charge in [-0.3, -0.25) is 0 Å². The summed E-state index contributed by atoms with van der Waals surface area (Å²) in [6.45, 7) is 1.86. The molecule has 0 saturated carbocycles. The van der Waals surface area contributed by atoms with Crippen LogP contribution in [-0.4, -0.2) is 0 Å². The summed E-state index contributed by atoms with van der Waals surface area (Å²) < 4.78 is 1.05. The van der Waals surface area contributed by atoms with Crippen molar-refractivity contribution in [2.75, 3.05) is 0 Å². The fraction of sp³-hybridized carbons (Fsp3) is 0.0500. The largest absolute Gasteiger partial charge is 0.618 e. The molecule has 0 aliphatic carbocycles. The molecule has 2 heteroatoms. The number of fused-ring (bicyclic) bond motifs is 2. The SMILES string of the molecule is Cc1cc2ccccc2c(-c2cccc3ccccc23)[n+]1[O-]. The molecule has 3 aromatic carbocycles. The summed E-state index contributed by atoms with van der Waals surface area (Å²) in [6.07, 6.45) is 0. The van der Waals surface area contributed by atoms with E-state index >= 15 is 0 Å². The highest BCUT2D eigenvalue weighted by Crippen LogP contribution is 2.31. The summed E-state index contributed by atoms with van der Waals surface area (Å²) in [5, 5.41) is 17.1. The predicted molar refractivity (Wildman–Crippen MR) is 90.6 cm³/mol. The van der Waals surface area contributed by atoms with Crippen LogP contribution >= 0.6 is 0 Å². The smallest absolute Gasteiger partial charge is 0.232 e. The maximum Gasteiger partial charge on any atom is 0.232 e. The fourth-order valence-corrected chi connectivity index (χ4v) is 3.09. The molecule has 0 amide bonds. The molecule has 106 valence electrons. The average molecular weight is 285 g/mol. The van der Waals surface area contributed by atoms with Crippen molar-refractivity contribution in [2.24, 2.45) is 0 Å². The molecule has 4 aromatic rings. The Morgan fingerprint density at radius 1 is 0.727 bits per heavy atom. The molecule has 22 heavy (non-hydrogen) atoms. The van der Waals surface area contributed by atoms with Gasteiger partial charge < -0.3 is 5.21 Å². The van der Waals surface area contributed by atoms with Gasteiger partial charge in [0.05, 0.1) is 10.9 Å². The molecule has 0 unspecified atom stereocenters. The van der Waals surface area contributed by atoms with E-state index in [4.69, 9.17) is 0 Å². The van der Waals surface area contributed by atoms with E-state index in [9.17, 15) is 5.21 Å². The van der Waals surface area contributed by atoms with Gasteiger partial charge >= 0.3 is 0 Å². The van der Waals surface area contributed by atoms with Crippen molar-refractivity contribution in [1.29, 1.82) is 0 Å². The molecule has 2 nitrogen and oxygen atoms in total. The molecule has 4 rings (SSSR count). The first-order valence-corrected chi connectivity index (χ1v) is 7.36. The third-order valence-electron chi connectivity index (χ3n) is 4.15. The highest BCUT2D eigenvalue weighted by molar-refractivity contribution is 6.02. The van der Waals surface area contributed by atoms with Gasteiger partial charge in [-0.1, -0.05) is 54.6 Å². The van der Waals surface area contributed by atoms with Crippen LogP contribution in [0.4, 0.5) is 0 Å². The molecule has 0 radical (unpaired) electrons. The lowest BCUT2D eigenvalue weighted by molar-refractivity contribution is -0.599. The molecule has 1 heterocycles. The van der Waals surface area contributed by atoms with Crippen molar-refractivity contribution in [3.05, 3.63) is 83.7 Å². The van der Waals surface area contributed by atoms with E-state index < -0.39 is 0 Å². The molecule has 0 aliphatic heterocycles. The number of hydrogen-bond donors (Lipinski definition) is 0. The van der Waals surface area contributed by atoms with E-state index in [2.05, 4.69) is 24.3 Å². The fourth-order valence-electron chi connectivity index (χ4n) is 3.09. The Bertz CT molecular complexity index is 1000. The molecule has 0 N–H and O–H groups in total. The van der Waals surface area contributed by atoms with Crippen LogP contribution in [0.5, 0.6) is 0 Å². The molecule has 0 fully saturated rings. The lowest BCUT2D eigenvalue weighted by Crippen LogP contribution is -2.33. The lowest BCUT2D eigenvalue weighted by Gasteiger charge is -2.12. The van der Waals surface area contributed by atoms with Crippen LogP contribution < -0.4 is 4.73 Å². The van der Waals surface area contributed by atoms with Gasteiger partial charge in [-0.05, 0) is 28.3 Å². The number of aromatic nitrogens is 1. The second-order valence-electron chi connectivity index (χ2n) is 5.54. The maximum atomic E-state index is 12.7. The second-order valence-corrected chi connectivity index (χ2v) is 5.54. The third-order valence-corrected chi connectivity index (χ3v) is 4.15. The van der Waals surface area contributed by atoms with Crippen molar-refractivity contribution >= 4 is 21.5 Å². The monoisotopic (exact) mass is 285 g/mol. The van der Waals surface area contributed by atoms with E-state index in [0.717, 1.165) is 37.5 Å². The summed E-state index contributed by atoms with van der Waals surface area (Å²) in [7, 11) is 0. The zero-order valence-electron chi connectivity index (χ0n) is 12.3. The van der Waals surface area contributed by atoms with Crippen LogP contribution in [-0.2, 0) is 0 Å². The van der Waals surface area contributed by atoms with Crippen molar-refractivity contribution in [2.45, 2.75) is 6.92 Å². The minimum Gasteiger partial charge on any atom is -0.618 e. The Hall–Kier alpha value is -2.87. The van der Waals surface area contributed by atoms with Crippen LogP contribution in [0, 0.1) is 12.1 Å². The molecule has 0 spiro atoms. The number of pyridine rings is 1. The Labute approximate surface area is 128 Å².